The first-order valence-corrected chi connectivity index (χ1v) is 10.2. The summed E-state index contributed by atoms with van der Waals surface area (Å²) >= 11 is 0. The zero-order chi connectivity index (χ0) is 20.2. The fourth-order valence-corrected chi connectivity index (χ4v) is 3.38. The van der Waals surface area contributed by atoms with Crippen LogP contribution in [0.15, 0.2) is 23.2 Å². The Morgan fingerprint density at radius 3 is 2.59 bits per heavy atom. The Balaban J connectivity index is 0.00000420. The second-order valence-corrected chi connectivity index (χ2v) is 7.03. The SMILES string of the molecule is CCOc1ccc(CCNC(=NC)NCC2(CCO)CCOC2)cc1OCC.I. The van der Waals surface area contributed by atoms with Crippen molar-refractivity contribution in [1.82, 2.24) is 10.6 Å². The predicted octanol–water partition coefficient (Wildman–Crippen LogP) is 2.60. The van der Waals surface area contributed by atoms with Crippen molar-refractivity contribution >= 4 is 29.9 Å². The fourth-order valence-electron chi connectivity index (χ4n) is 3.38. The van der Waals surface area contributed by atoms with Gasteiger partial charge >= 0.3 is 0 Å². The number of hydrogen-bond donors (Lipinski definition) is 3. The number of aliphatic hydroxyl groups excluding tert-OH is 1. The van der Waals surface area contributed by atoms with E-state index in [0.717, 1.165) is 56.4 Å². The Labute approximate surface area is 191 Å². The van der Waals surface area contributed by atoms with Crippen molar-refractivity contribution in [2.24, 2.45) is 10.4 Å². The van der Waals surface area contributed by atoms with Gasteiger partial charge in [-0.15, -0.1) is 24.0 Å². The van der Waals surface area contributed by atoms with E-state index in [1.54, 1.807) is 7.05 Å². The molecule has 0 spiro atoms. The first-order chi connectivity index (χ1) is 13.7. The summed E-state index contributed by atoms with van der Waals surface area (Å²) in [7, 11) is 1.77. The quantitative estimate of drug-likeness (QED) is 0.236. The van der Waals surface area contributed by atoms with Gasteiger partial charge in [0.1, 0.15) is 0 Å². The Kier molecular flexibility index (Phi) is 12.3. The standard InChI is InChI=1S/C21H35N3O4.HI/c1-4-27-18-7-6-17(14-19(18)28-5-2)8-11-23-20(22-3)24-15-21(9-12-25)10-13-26-16-21;/h6-7,14,25H,4-5,8-13,15-16H2,1-3H3,(H2,22,23,24);1H. The van der Waals surface area contributed by atoms with E-state index in [1.807, 2.05) is 26.0 Å². The minimum absolute atomic E-state index is 0. The molecule has 1 aliphatic rings. The van der Waals surface area contributed by atoms with Crippen molar-refractivity contribution in [2.75, 3.05) is 53.2 Å². The highest BCUT2D eigenvalue weighted by atomic mass is 127. The van der Waals surface area contributed by atoms with Crippen molar-refractivity contribution < 1.29 is 19.3 Å². The molecule has 1 aromatic carbocycles. The number of benzene rings is 1. The van der Waals surface area contributed by atoms with E-state index in [4.69, 9.17) is 14.2 Å². The normalized spacial score (nSPS) is 18.8. The number of ether oxygens (including phenoxy) is 3. The van der Waals surface area contributed by atoms with E-state index in [2.05, 4.69) is 21.7 Å². The minimum atomic E-state index is -0.00608. The monoisotopic (exact) mass is 521 g/mol. The molecule has 1 unspecified atom stereocenters. The fraction of sp³-hybridized carbons (Fsp3) is 0.667. The summed E-state index contributed by atoms with van der Waals surface area (Å²) in [6.45, 7) is 8.28. The first-order valence-electron chi connectivity index (χ1n) is 10.2. The summed E-state index contributed by atoms with van der Waals surface area (Å²) in [4.78, 5) is 4.30. The zero-order valence-corrected chi connectivity index (χ0v) is 20.2. The number of halogens is 1. The molecule has 0 aromatic heterocycles. The Morgan fingerprint density at radius 1 is 1.21 bits per heavy atom. The highest BCUT2D eigenvalue weighted by Crippen LogP contribution is 2.31. The van der Waals surface area contributed by atoms with E-state index in [-0.39, 0.29) is 36.0 Å². The van der Waals surface area contributed by atoms with Crippen LogP contribution in [0.25, 0.3) is 0 Å². The van der Waals surface area contributed by atoms with Crippen LogP contribution < -0.4 is 20.1 Å². The molecule has 1 heterocycles. The third kappa shape index (κ3) is 8.18. The molecule has 166 valence electrons. The number of nitrogens with zero attached hydrogens (tertiary/aromatic N) is 1. The lowest BCUT2D eigenvalue weighted by molar-refractivity contribution is 0.127. The number of aliphatic imine (C=N–C) groups is 1. The smallest absolute Gasteiger partial charge is 0.191 e. The largest absolute Gasteiger partial charge is 0.490 e. The molecule has 29 heavy (non-hydrogen) atoms. The summed E-state index contributed by atoms with van der Waals surface area (Å²) in [5.74, 6) is 2.34. The Hall–Kier alpha value is -1.26. The molecule has 1 fully saturated rings. The number of aliphatic hydroxyl groups is 1. The third-order valence-electron chi connectivity index (χ3n) is 5.00. The maximum Gasteiger partial charge on any atom is 0.191 e. The van der Waals surface area contributed by atoms with E-state index >= 15 is 0 Å². The van der Waals surface area contributed by atoms with Crippen molar-refractivity contribution in [1.29, 1.82) is 0 Å². The molecule has 1 aliphatic heterocycles. The Morgan fingerprint density at radius 2 is 1.97 bits per heavy atom. The second-order valence-electron chi connectivity index (χ2n) is 7.03. The maximum absolute atomic E-state index is 9.35. The van der Waals surface area contributed by atoms with Crippen LogP contribution in [0.1, 0.15) is 32.3 Å². The molecule has 8 heteroatoms. The molecule has 0 bridgehead atoms. The van der Waals surface area contributed by atoms with Gasteiger partial charge in [0.15, 0.2) is 17.5 Å². The van der Waals surface area contributed by atoms with Gasteiger partial charge in [0.2, 0.25) is 0 Å². The lowest BCUT2D eigenvalue weighted by atomic mass is 9.84. The molecule has 1 atom stereocenters. The van der Waals surface area contributed by atoms with Gasteiger partial charge in [0.05, 0.1) is 19.8 Å². The molecule has 3 N–H and O–H groups in total. The summed E-state index contributed by atoms with van der Waals surface area (Å²) in [6, 6.07) is 6.08. The van der Waals surface area contributed by atoms with Gasteiger partial charge < -0.3 is 30.0 Å². The van der Waals surface area contributed by atoms with Gasteiger partial charge in [-0.3, -0.25) is 4.99 Å². The molecule has 0 radical (unpaired) electrons. The summed E-state index contributed by atoms with van der Waals surface area (Å²) < 4.78 is 16.9. The molecule has 1 saturated heterocycles. The molecule has 7 nitrogen and oxygen atoms in total. The number of hydrogen-bond acceptors (Lipinski definition) is 5. The Bertz CT molecular complexity index is 622. The highest BCUT2D eigenvalue weighted by molar-refractivity contribution is 14.0. The molecule has 0 aliphatic carbocycles. The van der Waals surface area contributed by atoms with E-state index in [0.29, 0.717) is 19.8 Å². The van der Waals surface area contributed by atoms with Gasteiger partial charge in [-0.25, -0.2) is 0 Å². The van der Waals surface area contributed by atoms with Gasteiger partial charge in [-0.2, -0.15) is 0 Å². The van der Waals surface area contributed by atoms with E-state index in [1.165, 1.54) is 5.56 Å². The van der Waals surface area contributed by atoms with Gasteiger partial charge in [-0.1, -0.05) is 6.07 Å². The predicted molar refractivity (Wildman–Crippen MR) is 127 cm³/mol. The van der Waals surface area contributed by atoms with Crippen LogP contribution in [0.5, 0.6) is 11.5 Å². The van der Waals surface area contributed by atoms with Crippen LogP contribution in [-0.4, -0.2) is 64.2 Å². The van der Waals surface area contributed by atoms with Gasteiger partial charge in [0.25, 0.3) is 0 Å². The van der Waals surface area contributed by atoms with E-state index in [9.17, 15) is 5.11 Å². The van der Waals surface area contributed by atoms with Crippen molar-refractivity contribution in [3.05, 3.63) is 23.8 Å². The third-order valence-corrected chi connectivity index (χ3v) is 5.00. The van der Waals surface area contributed by atoms with Crippen LogP contribution in [0.2, 0.25) is 0 Å². The zero-order valence-electron chi connectivity index (χ0n) is 17.8. The van der Waals surface area contributed by atoms with E-state index < -0.39 is 0 Å². The summed E-state index contributed by atoms with van der Waals surface area (Å²) in [6.07, 6.45) is 2.55. The van der Waals surface area contributed by atoms with Crippen molar-refractivity contribution in [3.63, 3.8) is 0 Å². The summed E-state index contributed by atoms with van der Waals surface area (Å²) in [5.41, 5.74) is 1.17. The lowest BCUT2D eigenvalue weighted by Gasteiger charge is -2.27. The second kappa shape index (κ2) is 13.9. The maximum atomic E-state index is 9.35. The number of rotatable bonds is 11. The molecule has 2 rings (SSSR count). The number of nitrogens with one attached hydrogen (secondary N) is 2. The molecule has 1 aromatic rings. The van der Waals surface area contributed by atoms with Crippen LogP contribution in [-0.2, 0) is 11.2 Å². The molecular weight excluding hydrogens is 485 g/mol. The minimum Gasteiger partial charge on any atom is -0.490 e. The highest BCUT2D eigenvalue weighted by Gasteiger charge is 2.34. The van der Waals surface area contributed by atoms with Crippen molar-refractivity contribution in [2.45, 2.75) is 33.1 Å². The average molecular weight is 521 g/mol. The summed E-state index contributed by atoms with van der Waals surface area (Å²) in [5, 5.41) is 16.1. The lowest BCUT2D eigenvalue weighted by Crippen LogP contribution is -2.45. The van der Waals surface area contributed by atoms with Crippen LogP contribution in [0, 0.1) is 5.41 Å². The van der Waals surface area contributed by atoms with Crippen LogP contribution in [0.4, 0.5) is 0 Å². The topological polar surface area (TPSA) is 84.3 Å². The molecule has 0 amide bonds. The molecular formula is C21H36IN3O4. The van der Waals surface area contributed by atoms with Gasteiger partial charge in [0, 0.05) is 38.8 Å². The molecule has 0 saturated carbocycles. The first kappa shape index (κ1) is 25.8. The van der Waals surface area contributed by atoms with Crippen LogP contribution >= 0.6 is 24.0 Å². The number of guanidine groups is 1. The van der Waals surface area contributed by atoms with Gasteiger partial charge in [-0.05, 0) is 50.8 Å². The average Bonchev–Trinajstić information content (AvgIpc) is 3.16. The van der Waals surface area contributed by atoms with Crippen molar-refractivity contribution in [3.8, 4) is 11.5 Å². The van der Waals surface area contributed by atoms with Crippen LogP contribution in [0.3, 0.4) is 0 Å².